The number of carbonyl (C=O) groups excluding carboxylic acids is 1. The van der Waals surface area contributed by atoms with Crippen LogP contribution in [0.2, 0.25) is 15.1 Å². The molecule has 12 heteroatoms. The van der Waals surface area contributed by atoms with Gasteiger partial charge in [-0.25, -0.2) is 0 Å². The van der Waals surface area contributed by atoms with Crippen LogP contribution in [0, 0.1) is 0 Å². The molecular weight excluding hydrogens is 442 g/mol. The summed E-state index contributed by atoms with van der Waals surface area (Å²) >= 11 is 18.0. The minimum Gasteiger partial charge on any atom is -0.333 e. The first-order valence-corrected chi connectivity index (χ1v) is 9.35. The van der Waals surface area contributed by atoms with Gasteiger partial charge in [0.25, 0.3) is 0 Å². The van der Waals surface area contributed by atoms with Gasteiger partial charge in [-0.15, -0.1) is 10.2 Å². The largest absolute Gasteiger partial charge is 0.451 e. The standard InChI is InChI=1S/C16H15Cl3F3N5O/c17-10-6-12(19)11(18)4-8(10)3-9(23)5-14(28)26-1-2-27-13(7-26)24-25-15(27)16(20,21)22/h4,6,9H,1-3,5,7,23H2/t9-/m1/s1. The van der Waals surface area contributed by atoms with Gasteiger partial charge < -0.3 is 15.2 Å². The highest BCUT2D eigenvalue weighted by atomic mass is 35.5. The quantitative estimate of drug-likeness (QED) is 0.714. The highest BCUT2D eigenvalue weighted by Gasteiger charge is 2.39. The number of aromatic nitrogens is 3. The number of benzene rings is 1. The molecule has 2 N–H and O–H groups in total. The van der Waals surface area contributed by atoms with E-state index in [1.807, 2.05) is 0 Å². The van der Waals surface area contributed by atoms with Gasteiger partial charge in [-0.3, -0.25) is 4.79 Å². The molecule has 0 fully saturated rings. The molecule has 2 heterocycles. The van der Waals surface area contributed by atoms with Gasteiger partial charge in [0.1, 0.15) is 0 Å². The second-order valence-corrected chi connectivity index (χ2v) is 7.65. The minimum absolute atomic E-state index is 0.00314. The number of hydrogen-bond donors (Lipinski definition) is 1. The lowest BCUT2D eigenvalue weighted by atomic mass is 10.0. The van der Waals surface area contributed by atoms with Crippen LogP contribution in [0.25, 0.3) is 0 Å². The molecule has 0 unspecified atom stereocenters. The fraction of sp³-hybridized carbons (Fsp3) is 0.438. The molecule has 3 rings (SSSR count). The Morgan fingerprint density at radius 2 is 1.82 bits per heavy atom. The van der Waals surface area contributed by atoms with Crippen molar-refractivity contribution in [1.82, 2.24) is 19.7 Å². The zero-order chi connectivity index (χ0) is 20.6. The molecular formula is C16H15Cl3F3N5O. The van der Waals surface area contributed by atoms with Crippen LogP contribution in [0.1, 0.15) is 23.6 Å². The summed E-state index contributed by atoms with van der Waals surface area (Å²) in [4.78, 5) is 13.9. The topological polar surface area (TPSA) is 77.0 Å². The van der Waals surface area contributed by atoms with E-state index in [9.17, 15) is 18.0 Å². The first-order chi connectivity index (χ1) is 13.1. The summed E-state index contributed by atoms with van der Waals surface area (Å²) in [5.74, 6) is -1.25. The Labute approximate surface area is 173 Å². The van der Waals surface area contributed by atoms with E-state index in [-0.39, 0.29) is 37.8 Å². The van der Waals surface area contributed by atoms with E-state index in [1.54, 1.807) is 6.07 Å². The Kier molecular flexibility index (Phi) is 6.09. The van der Waals surface area contributed by atoms with Gasteiger partial charge in [-0.2, -0.15) is 13.2 Å². The molecule has 28 heavy (non-hydrogen) atoms. The van der Waals surface area contributed by atoms with Crippen LogP contribution in [0.4, 0.5) is 13.2 Å². The number of alkyl halides is 3. The van der Waals surface area contributed by atoms with Gasteiger partial charge in [-0.05, 0) is 24.1 Å². The molecule has 6 nitrogen and oxygen atoms in total. The average molecular weight is 457 g/mol. The lowest BCUT2D eigenvalue weighted by Crippen LogP contribution is -2.42. The number of nitrogens with zero attached hydrogens (tertiary/aromatic N) is 4. The summed E-state index contributed by atoms with van der Waals surface area (Å²) < 4.78 is 39.6. The molecule has 1 amide bonds. The molecule has 1 aliphatic heterocycles. The molecule has 0 spiro atoms. The summed E-state index contributed by atoms with van der Waals surface area (Å²) in [5, 5.41) is 7.78. The van der Waals surface area contributed by atoms with Crippen molar-refractivity contribution < 1.29 is 18.0 Å². The number of fused-ring (bicyclic) bond motifs is 1. The maximum atomic E-state index is 12.9. The zero-order valence-electron chi connectivity index (χ0n) is 14.3. The molecule has 0 aliphatic carbocycles. The van der Waals surface area contributed by atoms with Crippen molar-refractivity contribution in [2.75, 3.05) is 6.54 Å². The zero-order valence-corrected chi connectivity index (χ0v) is 16.6. The normalized spacial score (nSPS) is 15.5. The highest BCUT2D eigenvalue weighted by Crippen LogP contribution is 2.31. The third-order valence-corrected chi connectivity index (χ3v) is 5.44. The van der Waals surface area contributed by atoms with Gasteiger partial charge in [0.05, 0.1) is 16.6 Å². The smallest absolute Gasteiger partial charge is 0.333 e. The first-order valence-electron chi connectivity index (χ1n) is 8.22. The number of halogens is 6. The van der Waals surface area contributed by atoms with Crippen molar-refractivity contribution >= 4 is 40.7 Å². The second-order valence-electron chi connectivity index (χ2n) is 6.43. The molecule has 1 aromatic heterocycles. The monoisotopic (exact) mass is 455 g/mol. The fourth-order valence-electron chi connectivity index (χ4n) is 3.01. The maximum Gasteiger partial charge on any atom is 0.451 e. The minimum atomic E-state index is -4.58. The van der Waals surface area contributed by atoms with Crippen molar-refractivity contribution in [3.8, 4) is 0 Å². The van der Waals surface area contributed by atoms with E-state index in [0.29, 0.717) is 27.1 Å². The van der Waals surface area contributed by atoms with E-state index in [0.717, 1.165) is 4.57 Å². The summed E-state index contributed by atoms with van der Waals surface area (Å²) in [7, 11) is 0. The molecule has 0 saturated carbocycles. The van der Waals surface area contributed by atoms with Crippen molar-refractivity contribution in [1.29, 1.82) is 0 Å². The van der Waals surface area contributed by atoms with Crippen molar-refractivity contribution in [3.05, 3.63) is 44.4 Å². The number of carbonyl (C=O) groups is 1. The fourth-order valence-corrected chi connectivity index (χ4v) is 3.66. The molecule has 0 saturated heterocycles. The third-order valence-electron chi connectivity index (χ3n) is 4.37. The Morgan fingerprint density at radius 1 is 1.14 bits per heavy atom. The van der Waals surface area contributed by atoms with Gasteiger partial charge in [0.15, 0.2) is 5.82 Å². The molecule has 1 aromatic carbocycles. The first kappa shape index (κ1) is 21.2. The van der Waals surface area contributed by atoms with Crippen LogP contribution in [-0.4, -0.2) is 38.2 Å². The number of nitrogens with two attached hydrogens (primary N) is 1. The van der Waals surface area contributed by atoms with Gasteiger partial charge >= 0.3 is 6.18 Å². The summed E-state index contributed by atoms with van der Waals surface area (Å²) in [6.07, 6.45) is -4.29. The van der Waals surface area contributed by atoms with Gasteiger partial charge in [-0.1, -0.05) is 34.8 Å². The Hall–Kier alpha value is -1.55. The predicted octanol–water partition coefficient (Wildman–Crippen LogP) is 3.56. The van der Waals surface area contributed by atoms with E-state index in [4.69, 9.17) is 40.5 Å². The SMILES string of the molecule is N[C@@H](CC(=O)N1CCn2c(nnc2C(F)(F)F)C1)Cc1cc(Cl)c(Cl)cc1Cl. The van der Waals surface area contributed by atoms with Crippen molar-refractivity contribution in [2.45, 2.75) is 38.1 Å². The van der Waals surface area contributed by atoms with E-state index in [1.165, 1.54) is 11.0 Å². The Morgan fingerprint density at radius 3 is 2.50 bits per heavy atom. The van der Waals surface area contributed by atoms with Crippen molar-refractivity contribution in [3.63, 3.8) is 0 Å². The number of hydrogen-bond acceptors (Lipinski definition) is 4. The third kappa shape index (κ3) is 4.53. The van der Waals surface area contributed by atoms with Crippen LogP contribution in [-0.2, 0) is 30.5 Å². The summed E-state index contributed by atoms with van der Waals surface area (Å²) in [5.41, 5.74) is 6.72. The highest BCUT2D eigenvalue weighted by molar-refractivity contribution is 6.43. The Balaban J connectivity index is 1.63. The molecule has 0 bridgehead atoms. The van der Waals surface area contributed by atoms with E-state index >= 15 is 0 Å². The van der Waals surface area contributed by atoms with Gasteiger partial charge in [0.2, 0.25) is 11.7 Å². The van der Waals surface area contributed by atoms with Crippen LogP contribution >= 0.6 is 34.8 Å². The second kappa shape index (κ2) is 8.06. The van der Waals surface area contributed by atoms with Crippen LogP contribution in [0.3, 0.4) is 0 Å². The predicted molar refractivity (Wildman–Crippen MR) is 98.2 cm³/mol. The lowest BCUT2D eigenvalue weighted by molar-refractivity contribution is -0.148. The number of amides is 1. The Bertz CT molecular complexity index is 902. The van der Waals surface area contributed by atoms with Crippen molar-refractivity contribution in [2.24, 2.45) is 5.73 Å². The molecule has 1 aliphatic rings. The van der Waals surface area contributed by atoms with Crippen LogP contribution in [0.15, 0.2) is 12.1 Å². The number of rotatable bonds is 4. The van der Waals surface area contributed by atoms with E-state index < -0.39 is 18.0 Å². The van der Waals surface area contributed by atoms with E-state index in [2.05, 4.69) is 10.2 Å². The summed E-state index contributed by atoms with van der Waals surface area (Å²) in [6.45, 7) is 0.0339. The molecule has 0 radical (unpaired) electrons. The van der Waals surface area contributed by atoms with Crippen LogP contribution < -0.4 is 5.73 Å². The average Bonchev–Trinajstić information content (AvgIpc) is 3.03. The molecule has 1 atom stereocenters. The van der Waals surface area contributed by atoms with Crippen LogP contribution in [0.5, 0.6) is 0 Å². The summed E-state index contributed by atoms with van der Waals surface area (Å²) in [6, 6.07) is 2.55. The van der Waals surface area contributed by atoms with Gasteiger partial charge in [0, 0.05) is 30.6 Å². The molecule has 2 aromatic rings. The maximum absolute atomic E-state index is 12.9. The molecule has 152 valence electrons. The lowest BCUT2D eigenvalue weighted by Gasteiger charge is -2.29.